The summed E-state index contributed by atoms with van der Waals surface area (Å²) < 4.78 is 1.57. The van der Waals surface area contributed by atoms with Crippen LogP contribution in [0.3, 0.4) is 0 Å². The lowest BCUT2D eigenvalue weighted by Gasteiger charge is -2.14. The van der Waals surface area contributed by atoms with Crippen molar-refractivity contribution < 1.29 is 9.59 Å². The first-order valence-corrected chi connectivity index (χ1v) is 9.31. The van der Waals surface area contributed by atoms with E-state index in [0.29, 0.717) is 5.15 Å². The Morgan fingerprint density at radius 1 is 1.30 bits per heavy atom. The Balaban J connectivity index is 1.57. The molecule has 27 heavy (non-hydrogen) atoms. The Morgan fingerprint density at radius 3 is 2.52 bits per heavy atom. The summed E-state index contributed by atoms with van der Waals surface area (Å²) in [6.45, 7) is 3.75. The monoisotopic (exact) mass is 386 g/mol. The van der Waals surface area contributed by atoms with Crippen LogP contribution < -0.4 is 10.6 Å². The zero-order chi connectivity index (χ0) is 19.6. The average Bonchev–Trinajstić information content (AvgIpc) is 3.43. The van der Waals surface area contributed by atoms with E-state index in [1.54, 1.807) is 17.8 Å². The van der Waals surface area contributed by atoms with Gasteiger partial charge in [-0.15, -0.1) is 0 Å². The number of carbonyl (C=O) groups is 2. The second kappa shape index (κ2) is 7.96. The molecule has 142 valence electrons. The van der Waals surface area contributed by atoms with Crippen molar-refractivity contribution in [3.8, 4) is 0 Å². The summed E-state index contributed by atoms with van der Waals surface area (Å²) in [6, 6.07) is 7.35. The molecule has 0 spiro atoms. The first-order chi connectivity index (χ1) is 12.8. The van der Waals surface area contributed by atoms with E-state index in [-0.39, 0.29) is 23.8 Å². The van der Waals surface area contributed by atoms with Gasteiger partial charge in [-0.25, -0.2) is 0 Å². The molecule has 1 saturated carbocycles. The van der Waals surface area contributed by atoms with E-state index in [1.807, 2.05) is 38.1 Å². The van der Waals surface area contributed by atoms with Crippen LogP contribution in [0.1, 0.15) is 42.6 Å². The molecule has 2 N–H and O–H groups in total. The zero-order valence-corrected chi connectivity index (χ0v) is 16.4. The Kier molecular flexibility index (Phi) is 5.65. The number of rotatable bonds is 6. The number of aromatic nitrogens is 2. The topological polar surface area (TPSA) is 76.0 Å². The molecule has 1 atom stereocenters. The number of halogens is 1. The molecule has 2 aromatic rings. The molecule has 0 bridgehead atoms. The van der Waals surface area contributed by atoms with Crippen molar-refractivity contribution >= 4 is 35.2 Å². The summed E-state index contributed by atoms with van der Waals surface area (Å²) in [4.78, 5) is 24.0. The van der Waals surface area contributed by atoms with Gasteiger partial charge in [-0.3, -0.25) is 14.3 Å². The fraction of sp³-hybridized carbons (Fsp3) is 0.350. The van der Waals surface area contributed by atoms with Crippen LogP contribution >= 0.6 is 11.6 Å². The molecule has 3 rings (SSSR count). The summed E-state index contributed by atoms with van der Waals surface area (Å²) in [7, 11) is 1.76. The summed E-state index contributed by atoms with van der Waals surface area (Å²) >= 11 is 6.16. The molecule has 0 saturated heterocycles. The maximum absolute atomic E-state index is 12.2. The SMILES string of the molecule is Cc1nn(C)c(Cl)c1/C=C/C(=O)NC(C)c1ccc(NC(=O)C2CC2)cc1. The summed E-state index contributed by atoms with van der Waals surface area (Å²) in [5.41, 5.74) is 3.23. The lowest BCUT2D eigenvalue weighted by molar-refractivity contribution is -0.118. The molecule has 2 amide bonds. The fourth-order valence-corrected chi connectivity index (χ4v) is 3.02. The molecule has 7 heteroatoms. The summed E-state index contributed by atoms with van der Waals surface area (Å²) in [5.74, 6) is 0.0400. The maximum Gasteiger partial charge on any atom is 0.244 e. The van der Waals surface area contributed by atoms with Crippen molar-refractivity contribution in [2.45, 2.75) is 32.7 Å². The van der Waals surface area contributed by atoms with E-state index in [0.717, 1.165) is 35.3 Å². The van der Waals surface area contributed by atoms with Gasteiger partial charge >= 0.3 is 0 Å². The molecule has 1 heterocycles. The van der Waals surface area contributed by atoms with Gasteiger partial charge in [0.05, 0.1) is 11.7 Å². The van der Waals surface area contributed by atoms with Crippen LogP contribution in [0.4, 0.5) is 5.69 Å². The Bertz CT molecular complexity index is 882. The van der Waals surface area contributed by atoms with Crippen LogP contribution in [0, 0.1) is 12.8 Å². The molecule has 0 radical (unpaired) electrons. The van der Waals surface area contributed by atoms with Crippen molar-refractivity contribution in [2.24, 2.45) is 13.0 Å². The summed E-state index contributed by atoms with van der Waals surface area (Å²) in [5, 5.41) is 10.5. The first kappa shape index (κ1) is 19.2. The van der Waals surface area contributed by atoms with Gasteiger partial charge in [0.1, 0.15) is 5.15 Å². The molecular weight excluding hydrogens is 364 g/mol. The third-order valence-electron chi connectivity index (χ3n) is 4.58. The number of aryl methyl sites for hydroxylation is 2. The minimum atomic E-state index is -0.215. The Morgan fingerprint density at radius 2 is 1.96 bits per heavy atom. The van der Waals surface area contributed by atoms with Gasteiger partial charge in [-0.1, -0.05) is 23.7 Å². The van der Waals surface area contributed by atoms with Crippen LogP contribution in [0.15, 0.2) is 30.3 Å². The molecule has 1 aromatic heterocycles. The molecule has 1 aliphatic rings. The lowest BCUT2D eigenvalue weighted by Crippen LogP contribution is -2.24. The first-order valence-electron chi connectivity index (χ1n) is 8.93. The number of carbonyl (C=O) groups excluding carboxylic acids is 2. The average molecular weight is 387 g/mol. The highest BCUT2D eigenvalue weighted by molar-refractivity contribution is 6.31. The second-order valence-corrected chi connectivity index (χ2v) is 7.22. The molecule has 1 aliphatic carbocycles. The van der Waals surface area contributed by atoms with Crippen molar-refractivity contribution in [1.82, 2.24) is 15.1 Å². The predicted molar refractivity (Wildman–Crippen MR) is 106 cm³/mol. The Labute approximate surface area is 163 Å². The van der Waals surface area contributed by atoms with E-state index >= 15 is 0 Å². The maximum atomic E-state index is 12.2. The van der Waals surface area contributed by atoms with Gasteiger partial charge in [-0.2, -0.15) is 5.10 Å². The quantitative estimate of drug-likeness (QED) is 0.744. The van der Waals surface area contributed by atoms with Crippen molar-refractivity contribution in [3.05, 3.63) is 52.3 Å². The van der Waals surface area contributed by atoms with E-state index in [2.05, 4.69) is 15.7 Å². The van der Waals surface area contributed by atoms with Gasteiger partial charge < -0.3 is 10.6 Å². The molecular formula is C20H23ClN4O2. The van der Waals surface area contributed by atoms with Gasteiger partial charge in [0, 0.05) is 30.3 Å². The number of nitrogens with zero attached hydrogens (tertiary/aromatic N) is 2. The normalized spacial score (nSPS) is 15.0. The van der Waals surface area contributed by atoms with Crippen LogP contribution in [0.5, 0.6) is 0 Å². The minimum absolute atomic E-state index is 0.0820. The zero-order valence-electron chi connectivity index (χ0n) is 15.6. The molecule has 1 aromatic carbocycles. The molecule has 0 aliphatic heterocycles. The number of amides is 2. The van der Waals surface area contributed by atoms with Gasteiger partial charge in [0.25, 0.3) is 0 Å². The largest absolute Gasteiger partial charge is 0.346 e. The molecule has 6 nitrogen and oxygen atoms in total. The number of benzene rings is 1. The molecule has 1 fully saturated rings. The number of hydrogen-bond donors (Lipinski definition) is 2. The van der Waals surface area contributed by atoms with Gasteiger partial charge in [-0.05, 0) is 50.5 Å². The molecule has 1 unspecified atom stereocenters. The van der Waals surface area contributed by atoms with Gasteiger partial charge in [0.15, 0.2) is 0 Å². The predicted octanol–water partition coefficient (Wildman–Crippen LogP) is 3.62. The highest BCUT2D eigenvalue weighted by Gasteiger charge is 2.29. The van der Waals surface area contributed by atoms with Gasteiger partial charge in [0.2, 0.25) is 11.8 Å². The smallest absolute Gasteiger partial charge is 0.244 e. The minimum Gasteiger partial charge on any atom is -0.346 e. The van der Waals surface area contributed by atoms with Crippen LogP contribution in [-0.2, 0) is 16.6 Å². The summed E-state index contributed by atoms with van der Waals surface area (Å²) in [6.07, 6.45) is 5.08. The van der Waals surface area contributed by atoms with E-state index in [9.17, 15) is 9.59 Å². The van der Waals surface area contributed by atoms with E-state index in [1.165, 1.54) is 6.08 Å². The standard InChI is InChI=1S/C20H23ClN4O2/c1-12(14-6-8-16(9-7-14)23-20(27)15-4-5-15)22-18(26)11-10-17-13(2)24-25(3)19(17)21/h6-12,15H,4-5H2,1-3H3,(H,22,26)(H,23,27)/b11-10+. The lowest BCUT2D eigenvalue weighted by atomic mass is 10.1. The highest BCUT2D eigenvalue weighted by atomic mass is 35.5. The van der Waals surface area contributed by atoms with Crippen molar-refractivity contribution in [2.75, 3.05) is 5.32 Å². The Hall–Kier alpha value is -2.60. The van der Waals surface area contributed by atoms with Crippen molar-refractivity contribution in [3.63, 3.8) is 0 Å². The van der Waals surface area contributed by atoms with Crippen LogP contribution in [0.2, 0.25) is 5.15 Å². The van der Waals surface area contributed by atoms with Crippen molar-refractivity contribution in [1.29, 1.82) is 0 Å². The van der Waals surface area contributed by atoms with E-state index in [4.69, 9.17) is 11.6 Å². The van der Waals surface area contributed by atoms with Crippen LogP contribution in [0.25, 0.3) is 6.08 Å². The highest BCUT2D eigenvalue weighted by Crippen LogP contribution is 2.30. The number of nitrogens with one attached hydrogen (secondary N) is 2. The number of anilines is 1. The third-order valence-corrected chi connectivity index (χ3v) is 5.03. The van der Waals surface area contributed by atoms with Crippen LogP contribution in [-0.4, -0.2) is 21.6 Å². The number of hydrogen-bond acceptors (Lipinski definition) is 3. The fourth-order valence-electron chi connectivity index (χ4n) is 2.78. The van der Waals surface area contributed by atoms with E-state index < -0.39 is 0 Å². The third kappa shape index (κ3) is 4.77. The second-order valence-electron chi connectivity index (χ2n) is 6.86.